The van der Waals surface area contributed by atoms with E-state index >= 15 is 0 Å². The summed E-state index contributed by atoms with van der Waals surface area (Å²) in [7, 11) is 1.58. The van der Waals surface area contributed by atoms with E-state index in [1.54, 1.807) is 7.05 Å². The van der Waals surface area contributed by atoms with E-state index in [0.717, 1.165) is 19.3 Å². The molecule has 0 bridgehead atoms. The van der Waals surface area contributed by atoms with Gasteiger partial charge < -0.3 is 20.9 Å². The van der Waals surface area contributed by atoms with Gasteiger partial charge in [-0.2, -0.15) is 5.26 Å². The van der Waals surface area contributed by atoms with Crippen molar-refractivity contribution in [1.82, 2.24) is 20.9 Å². The SMILES string of the molecule is CC(=O)NC(C(=O)N(C)C(CC1CC1)C(=O)NC(C#N)CC1CCC(C)(C)NC1=O)C(C)(C)C. The number of carbonyl (C=O) groups is 4. The Kier molecular flexibility index (Phi) is 8.73. The van der Waals surface area contributed by atoms with Gasteiger partial charge in [0, 0.05) is 25.4 Å². The Bertz CT molecular complexity index is 837. The topological polar surface area (TPSA) is 131 Å². The molecule has 9 nitrogen and oxygen atoms in total. The molecule has 4 amide bonds. The second-order valence-corrected chi connectivity index (χ2v) is 11.7. The largest absolute Gasteiger partial charge is 0.351 e. The van der Waals surface area contributed by atoms with Crippen molar-refractivity contribution in [2.24, 2.45) is 17.3 Å². The molecule has 34 heavy (non-hydrogen) atoms. The molecule has 1 aliphatic heterocycles. The molecule has 0 radical (unpaired) electrons. The van der Waals surface area contributed by atoms with Crippen LogP contribution in [0.2, 0.25) is 0 Å². The molecular formula is C25H41N5O4. The number of hydrogen-bond acceptors (Lipinski definition) is 5. The fourth-order valence-electron chi connectivity index (χ4n) is 4.40. The highest BCUT2D eigenvalue weighted by atomic mass is 16.2. The molecule has 1 heterocycles. The van der Waals surface area contributed by atoms with Crippen molar-refractivity contribution in [2.75, 3.05) is 7.05 Å². The van der Waals surface area contributed by atoms with Gasteiger partial charge in [-0.15, -0.1) is 0 Å². The van der Waals surface area contributed by atoms with Crippen molar-refractivity contribution >= 4 is 23.6 Å². The van der Waals surface area contributed by atoms with Gasteiger partial charge in [0.25, 0.3) is 0 Å². The van der Waals surface area contributed by atoms with Gasteiger partial charge in [0.05, 0.1) is 6.07 Å². The Morgan fingerprint density at radius 3 is 2.26 bits per heavy atom. The third-order valence-electron chi connectivity index (χ3n) is 6.77. The number of hydrogen-bond donors (Lipinski definition) is 3. The molecule has 2 aliphatic rings. The van der Waals surface area contributed by atoms with E-state index in [1.807, 2.05) is 34.6 Å². The van der Waals surface area contributed by atoms with Crippen molar-refractivity contribution in [2.45, 2.75) is 104 Å². The van der Waals surface area contributed by atoms with Crippen LogP contribution in [0.4, 0.5) is 0 Å². The van der Waals surface area contributed by atoms with Crippen molar-refractivity contribution in [3.05, 3.63) is 0 Å². The number of likely N-dealkylation sites (N-methyl/N-ethyl adjacent to an activating group) is 1. The van der Waals surface area contributed by atoms with Gasteiger partial charge in [0.2, 0.25) is 23.6 Å². The van der Waals surface area contributed by atoms with Crippen molar-refractivity contribution < 1.29 is 19.2 Å². The summed E-state index contributed by atoms with van der Waals surface area (Å²) in [6.45, 7) is 10.9. The normalized spacial score (nSPS) is 22.4. The summed E-state index contributed by atoms with van der Waals surface area (Å²) in [6, 6.07) is -0.258. The van der Waals surface area contributed by atoms with Crippen LogP contribution in [0.3, 0.4) is 0 Å². The molecule has 1 aliphatic carbocycles. The van der Waals surface area contributed by atoms with Crippen LogP contribution in [0.5, 0.6) is 0 Å². The first kappa shape index (κ1) is 27.6. The molecule has 4 unspecified atom stereocenters. The minimum Gasteiger partial charge on any atom is -0.351 e. The molecular weight excluding hydrogens is 434 g/mol. The molecule has 4 atom stereocenters. The number of piperidine rings is 1. The van der Waals surface area contributed by atoms with Gasteiger partial charge in [0.1, 0.15) is 18.1 Å². The first-order valence-corrected chi connectivity index (χ1v) is 12.2. The van der Waals surface area contributed by atoms with Gasteiger partial charge in [-0.05, 0) is 50.9 Å². The number of amides is 4. The van der Waals surface area contributed by atoms with Gasteiger partial charge in [0.15, 0.2) is 0 Å². The fourth-order valence-corrected chi connectivity index (χ4v) is 4.40. The number of rotatable bonds is 9. The van der Waals surface area contributed by atoms with Crippen LogP contribution in [-0.4, -0.2) is 59.2 Å². The fraction of sp³-hybridized carbons (Fsp3) is 0.800. The van der Waals surface area contributed by atoms with Crippen molar-refractivity contribution in [3.63, 3.8) is 0 Å². The molecule has 1 saturated heterocycles. The Morgan fingerprint density at radius 1 is 1.18 bits per heavy atom. The van der Waals surface area contributed by atoms with Gasteiger partial charge in [-0.1, -0.05) is 33.6 Å². The minimum absolute atomic E-state index is 0.101. The van der Waals surface area contributed by atoms with Crippen LogP contribution < -0.4 is 16.0 Å². The zero-order valence-corrected chi connectivity index (χ0v) is 21.7. The first-order chi connectivity index (χ1) is 15.6. The van der Waals surface area contributed by atoms with E-state index in [1.165, 1.54) is 11.8 Å². The summed E-state index contributed by atoms with van der Waals surface area (Å²) in [5, 5.41) is 18.2. The maximum Gasteiger partial charge on any atom is 0.246 e. The second kappa shape index (κ2) is 10.7. The molecule has 3 N–H and O–H groups in total. The predicted molar refractivity (Wildman–Crippen MR) is 128 cm³/mol. The summed E-state index contributed by atoms with van der Waals surface area (Å²) < 4.78 is 0. The van der Waals surface area contributed by atoms with E-state index in [4.69, 9.17) is 0 Å². The molecule has 0 aromatic heterocycles. The van der Waals surface area contributed by atoms with E-state index in [-0.39, 0.29) is 35.6 Å². The lowest BCUT2D eigenvalue weighted by Crippen LogP contribution is -2.58. The van der Waals surface area contributed by atoms with E-state index < -0.39 is 29.4 Å². The predicted octanol–water partition coefficient (Wildman–Crippen LogP) is 1.87. The molecule has 2 fully saturated rings. The van der Waals surface area contributed by atoms with Crippen LogP contribution in [-0.2, 0) is 19.2 Å². The highest BCUT2D eigenvalue weighted by Crippen LogP contribution is 2.35. The number of nitriles is 1. The molecule has 190 valence electrons. The quantitative estimate of drug-likeness (QED) is 0.468. The summed E-state index contributed by atoms with van der Waals surface area (Å²) in [5.74, 6) is -1.15. The molecule has 0 aromatic carbocycles. The maximum absolute atomic E-state index is 13.4. The average Bonchev–Trinajstić information content (AvgIpc) is 3.53. The molecule has 1 saturated carbocycles. The minimum atomic E-state index is -0.830. The summed E-state index contributed by atoms with van der Waals surface area (Å²) in [5.41, 5.74) is -0.816. The van der Waals surface area contributed by atoms with Crippen LogP contribution in [0.1, 0.15) is 80.1 Å². The summed E-state index contributed by atoms with van der Waals surface area (Å²) in [4.78, 5) is 52.3. The van der Waals surface area contributed by atoms with Crippen LogP contribution in [0, 0.1) is 28.6 Å². The zero-order valence-electron chi connectivity index (χ0n) is 21.7. The van der Waals surface area contributed by atoms with E-state index in [2.05, 4.69) is 22.0 Å². The average molecular weight is 476 g/mol. The lowest BCUT2D eigenvalue weighted by atomic mass is 9.83. The van der Waals surface area contributed by atoms with Gasteiger partial charge >= 0.3 is 0 Å². The van der Waals surface area contributed by atoms with Crippen molar-refractivity contribution in [3.8, 4) is 6.07 Å². The molecule has 0 aromatic rings. The Morgan fingerprint density at radius 2 is 1.79 bits per heavy atom. The lowest BCUT2D eigenvalue weighted by molar-refractivity contribution is -0.144. The third kappa shape index (κ3) is 7.71. The standard InChI is InChI=1S/C25H41N5O4/c1-15(31)27-20(24(2,3)4)23(34)30(7)19(12-16-8-9-16)22(33)28-18(14-26)13-17-10-11-25(5,6)29-21(17)32/h16-20H,8-13H2,1-7H3,(H,27,31)(H,28,33)(H,29,32). The zero-order chi connectivity index (χ0) is 25.8. The van der Waals surface area contributed by atoms with Gasteiger partial charge in [-0.25, -0.2) is 0 Å². The highest BCUT2D eigenvalue weighted by molar-refractivity contribution is 5.92. The lowest BCUT2D eigenvalue weighted by Gasteiger charge is -2.37. The monoisotopic (exact) mass is 475 g/mol. The molecule has 9 heteroatoms. The Hall–Kier alpha value is -2.63. The van der Waals surface area contributed by atoms with Gasteiger partial charge in [-0.3, -0.25) is 19.2 Å². The Balaban J connectivity index is 2.13. The maximum atomic E-state index is 13.4. The second-order valence-electron chi connectivity index (χ2n) is 11.7. The number of carbonyl (C=O) groups excluding carboxylic acids is 4. The van der Waals surface area contributed by atoms with Crippen molar-refractivity contribution in [1.29, 1.82) is 5.26 Å². The molecule has 2 rings (SSSR count). The number of nitrogens with zero attached hydrogens (tertiary/aromatic N) is 2. The summed E-state index contributed by atoms with van der Waals surface area (Å²) >= 11 is 0. The van der Waals surface area contributed by atoms with Crippen LogP contribution >= 0.6 is 0 Å². The summed E-state index contributed by atoms with van der Waals surface area (Å²) in [6.07, 6.45) is 4.19. The Labute approximate surface area is 203 Å². The van der Waals surface area contributed by atoms with Crippen LogP contribution in [0.15, 0.2) is 0 Å². The third-order valence-corrected chi connectivity index (χ3v) is 6.77. The van der Waals surface area contributed by atoms with Crippen LogP contribution in [0.25, 0.3) is 0 Å². The highest BCUT2D eigenvalue weighted by Gasteiger charge is 2.41. The smallest absolute Gasteiger partial charge is 0.246 e. The first-order valence-electron chi connectivity index (χ1n) is 12.2. The van der Waals surface area contributed by atoms with E-state index in [9.17, 15) is 24.4 Å². The van der Waals surface area contributed by atoms with E-state index in [0.29, 0.717) is 18.8 Å². The molecule has 0 spiro atoms. The number of nitrogens with one attached hydrogen (secondary N) is 3.